The van der Waals surface area contributed by atoms with Crippen LogP contribution in [0, 0.1) is 0 Å². The fourth-order valence-corrected chi connectivity index (χ4v) is 1.64. The molecule has 2 heterocycles. The van der Waals surface area contributed by atoms with E-state index in [0.717, 1.165) is 31.9 Å². The summed E-state index contributed by atoms with van der Waals surface area (Å²) in [6, 6.07) is 0.506. The van der Waals surface area contributed by atoms with Crippen molar-refractivity contribution in [3.8, 4) is 0 Å². The van der Waals surface area contributed by atoms with E-state index in [1.807, 2.05) is 0 Å². The third-order valence-electron chi connectivity index (χ3n) is 1.91. The summed E-state index contributed by atoms with van der Waals surface area (Å²) in [5, 5.41) is 3.36. The highest BCUT2D eigenvalue weighted by molar-refractivity contribution is 6.99. The van der Waals surface area contributed by atoms with Crippen LogP contribution in [0.15, 0.2) is 6.20 Å². The molecular formula is C7H11N3OS. The third kappa shape index (κ3) is 2.00. The van der Waals surface area contributed by atoms with Crippen LogP contribution < -0.4 is 5.32 Å². The lowest BCUT2D eigenvalue weighted by Crippen LogP contribution is -2.28. The van der Waals surface area contributed by atoms with Gasteiger partial charge in [0, 0.05) is 19.2 Å². The summed E-state index contributed by atoms with van der Waals surface area (Å²) in [5.41, 5.74) is 1.02. The van der Waals surface area contributed by atoms with Gasteiger partial charge in [-0.3, -0.25) is 0 Å². The third-order valence-corrected chi connectivity index (χ3v) is 2.42. The second kappa shape index (κ2) is 3.93. The van der Waals surface area contributed by atoms with Gasteiger partial charge in [-0.05, 0) is 6.42 Å². The Bertz CT molecular complexity index is 221. The molecule has 5 heteroatoms. The maximum absolute atomic E-state index is 5.23. The molecule has 0 saturated carbocycles. The van der Waals surface area contributed by atoms with Gasteiger partial charge in [0.15, 0.2) is 0 Å². The number of hydrogen-bond acceptors (Lipinski definition) is 5. The van der Waals surface area contributed by atoms with Crippen molar-refractivity contribution in [1.82, 2.24) is 14.1 Å². The molecule has 1 saturated heterocycles. The van der Waals surface area contributed by atoms with E-state index >= 15 is 0 Å². The average molecular weight is 185 g/mol. The van der Waals surface area contributed by atoms with Gasteiger partial charge in [0.2, 0.25) is 0 Å². The predicted octanol–water partition coefficient (Wildman–Crippen LogP) is 0.417. The number of hydrogen-bond donors (Lipinski definition) is 1. The van der Waals surface area contributed by atoms with Crippen LogP contribution >= 0.6 is 11.7 Å². The van der Waals surface area contributed by atoms with Gasteiger partial charge in [0.1, 0.15) is 0 Å². The molecule has 1 unspecified atom stereocenters. The standard InChI is InChI=1S/C7H11N3OS/c1-2-11-5-6(1)8-3-7-4-9-12-10-7/h4,6,8H,1-3,5H2. The zero-order chi connectivity index (χ0) is 8.23. The minimum absolute atomic E-state index is 0.506. The van der Waals surface area contributed by atoms with E-state index in [-0.39, 0.29) is 0 Å². The smallest absolute Gasteiger partial charge is 0.0880 e. The van der Waals surface area contributed by atoms with Crippen LogP contribution in [0.1, 0.15) is 12.1 Å². The van der Waals surface area contributed by atoms with E-state index < -0.39 is 0 Å². The lowest BCUT2D eigenvalue weighted by atomic mass is 10.2. The van der Waals surface area contributed by atoms with Gasteiger partial charge < -0.3 is 10.1 Å². The van der Waals surface area contributed by atoms with E-state index in [0.29, 0.717) is 6.04 Å². The normalized spacial score (nSPS) is 23.2. The maximum Gasteiger partial charge on any atom is 0.0880 e. The molecule has 12 heavy (non-hydrogen) atoms. The molecule has 1 aromatic rings. The van der Waals surface area contributed by atoms with Gasteiger partial charge in [-0.2, -0.15) is 8.75 Å². The fraction of sp³-hybridized carbons (Fsp3) is 0.714. The molecule has 0 spiro atoms. The van der Waals surface area contributed by atoms with Crippen LogP contribution in [0.2, 0.25) is 0 Å². The molecule has 2 rings (SSSR count). The van der Waals surface area contributed by atoms with Crippen molar-refractivity contribution in [3.05, 3.63) is 11.9 Å². The first-order chi connectivity index (χ1) is 5.95. The highest BCUT2D eigenvalue weighted by Gasteiger charge is 2.14. The number of ether oxygens (including phenoxy) is 1. The van der Waals surface area contributed by atoms with Crippen LogP contribution in [0.5, 0.6) is 0 Å². The molecule has 1 fully saturated rings. The van der Waals surface area contributed by atoms with E-state index in [9.17, 15) is 0 Å². The van der Waals surface area contributed by atoms with Crippen molar-refractivity contribution in [2.75, 3.05) is 13.2 Å². The molecule has 0 bridgehead atoms. The average Bonchev–Trinajstić information content (AvgIpc) is 2.74. The van der Waals surface area contributed by atoms with Crippen molar-refractivity contribution in [2.45, 2.75) is 19.0 Å². The largest absolute Gasteiger partial charge is 0.380 e. The highest BCUT2D eigenvalue weighted by Crippen LogP contribution is 2.04. The summed E-state index contributed by atoms with van der Waals surface area (Å²) in [7, 11) is 0. The lowest BCUT2D eigenvalue weighted by molar-refractivity contribution is 0.189. The summed E-state index contributed by atoms with van der Waals surface area (Å²) in [6.07, 6.45) is 2.91. The van der Waals surface area contributed by atoms with Gasteiger partial charge in [0.05, 0.1) is 30.2 Å². The molecule has 1 aliphatic rings. The minimum atomic E-state index is 0.506. The molecule has 0 radical (unpaired) electrons. The Morgan fingerprint density at radius 3 is 3.42 bits per heavy atom. The molecule has 66 valence electrons. The number of rotatable bonds is 3. The van der Waals surface area contributed by atoms with Gasteiger partial charge in [-0.25, -0.2) is 0 Å². The second-order valence-corrected chi connectivity index (χ2v) is 3.40. The van der Waals surface area contributed by atoms with Crippen LogP contribution in [0.4, 0.5) is 0 Å². The molecule has 1 N–H and O–H groups in total. The Morgan fingerprint density at radius 2 is 2.75 bits per heavy atom. The quantitative estimate of drug-likeness (QED) is 0.741. The number of aromatic nitrogens is 2. The Hall–Kier alpha value is -0.520. The zero-order valence-corrected chi connectivity index (χ0v) is 7.51. The van der Waals surface area contributed by atoms with E-state index in [1.165, 1.54) is 11.7 Å². The van der Waals surface area contributed by atoms with E-state index in [4.69, 9.17) is 4.74 Å². The van der Waals surface area contributed by atoms with Gasteiger partial charge >= 0.3 is 0 Å². The van der Waals surface area contributed by atoms with Gasteiger partial charge in [-0.15, -0.1) is 0 Å². The molecule has 4 nitrogen and oxygen atoms in total. The fourth-order valence-electron chi connectivity index (χ4n) is 1.21. The Morgan fingerprint density at radius 1 is 1.75 bits per heavy atom. The van der Waals surface area contributed by atoms with E-state index in [2.05, 4.69) is 14.1 Å². The first-order valence-corrected chi connectivity index (χ1v) is 4.76. The summed E-state index contributed by atoms with van der Waals surface area (Å²) in [4.78, 5) is 0. The first kappa shape index (κ1) is 8.10. The summed E-state index contributed by atoms with van der Waals surface area (Å²) >= 11 is 1.25. The molecule has 0 aromatic carbocycles. The van der Waals surface area contributed by atoms with Crippen LogP contribution in [-0.2, 0) is 11.3 Å². The Labute approximate surface area is 75.3 Å². The molecule has 0 amide bonds. The van der Waals surface area contributed by atoms with E-state index in [1.54, 1.807) is 6.20 Å². The summed E-state index contributed by atoms with van der Waals surface area (Å²) in [6.45, 7) is 2.52. The minimum Gasteiger partial charge on any atom is -0.380 e. The van der Waals surface area contributed by atoms with Gasteiger partial charge in [-0.1, -0.05) is 0 Å². The second-order valence-electron chi connectivity index (χ2n) is 2.84. The van der Waals surface area contributed by atoms with Crippen LogP contribution in [-0.4, -0.2) is 28.0 Å². The molecule has 1 atom stereocenters. The molecule has 0 aliphatic carbocycles. The number of nitrogens with zero attached hydrogens (tertiary/aromatic N) is 2. The maximum atomic E-state index is 5.23. The monoisotopic (exact) mass is 185 g/mol. The SMILES string of the molecule is c1nsnc1CNC1CCOC1. The van der Waals surface area contributed by atoms with Crippen LogP contribution in [0.25, 0.3) is 0 Å². The molecule has 1 aliphatic heterocycles. The Balaban J connectivity index is 1.74. The van der Waals surface area contributed by atoms with Crippen molar-refractivity contribution in [3.63, 3.8) is 0 Å². The van der Waals surface area contributed by atoms with Crippen molar-refractivity contribution in [1.29, 1.82) is 0 Å². The van der Waals surface area contributed by atoms with Crippen LogP contribution in [0.3, 0.4) is 0 Å². The van der Waals surface area contributed by atoms with Crippen molar-refractivity contribution in [2.24, 2.45) is 0 Å². The summed E-state index contributed by atoms with van der Waals surface area (Å²) in [5.74, 6) is 0. The topological polar surface area (TPSA) is 47.0 Å². The van der Waals surface area contributed by atoms with Gasteiger partial charge in [0.25, 0.3) is 0 Å². The summed E-state index contributed by atoms with van der Waals surface area (Å²) < 4.78 is 13.3. The lowest BCUT2D eigenvalue weighted by Gasteiger charge is -2.07. The predicted molar refractivity (Wildman–Crippen MR) is 46.0 cm³/mol. The molecule has 1 aromatic heterocycles. The molecular weight excluding hydrogens is 174 g/mol. The first-order valence-electron chi connectivity index (χ1n) is 4.03. The Kier molecular flexibility index (Phi) is 2.65. The highest BCUT2D eigenvalue weighted by atomic mass is 32.1. The van der Waals surface area contributed by atoms with Crippen molar-refractivity contribution >= 4 is 11.7 Å². The van der Waals surface area contributed by atoms with Crippen molar-refractivity contribution < 1.29 is 4.74 Å². The number of nitrogens with one attached hydrogen (secondary N) is 1. The zero-order valence-electron chi connectivity index (χ0n) is 6.69.